The summed E-state index contributed by atoms with van der Waals surface area (Å²) >= 11 is 6.13. The van der Waals surface area contributed by atoms with Gasteiger partial charge in [-0.3, -0.25) is 4.79 Å². The van der Waals surface area contributed by atoms with Crippen molar-refractivity contribution in [2.24, 2.45) is 11.3 Å². The minimum atomic E-state index is -0.302. The van der Waals surface area contributed by atoms with E-state index in [4.69, 9.17) is 16.3 Å². The van der Waals surface area contributed by atoms with Crippen LogP contribution in [0.1, 0.15) is 32.1 Å². The van der Waals surface area contributed by atoms with Crippen molar-refractivity contribution in [2.75, 3.05) is 37.4 Å². The van der Waals surface area contributed by atoms with Crippen LogP contribution in [-0.4, -0.2) is 47.5 Å². The van der Waals surface area contributed by atoms with Gasteiger partial charge in [0, 0.05) is 22.2 Å². The van der Waals surface area contributed by atoms with Gasteiger partial charge in [0.15, 0.2) is 0 Å². The normalized spacial score (nSPS) is 17.5. The Morgan fingerprint density at radius 1 is 1.25 bits per heavy atom. The Balaban J connectivity index is 1.31. The number of rotatable bonds is 8. The maximum atomic E-state index is 12.2. The van der Waals surface area contributed by atoms with Gasteiger partial charge in [0.25, 0.3) is 0 Å². The Morgan fingerprint density at radius 3 is 2.81 bits per heavy atom. The molecule has 1 saturated carbocycles. The number of amides is 1. The average molecular weight is 506 g/mol. The van der Waals surface area contributed by atoms with Crippen LogP contribution < -0.4 is 15.4 Å². The molecular formula is C28H32ClN5O2. The number of nitrogens with one attached hydrogen (secondary N) is 2. The predicted molar refractivity (Wildman–Crippen MR) is 145 cm³/mol. The van der Waals surface area contributed by atoms with Crippen molar-refractivity contribution in [1.82, 2.24) is 14.9 Å². The fourth-order valence-electron chi connectivity index (χ4n) is 5.49. The Hall–Kier alpha value is -3.16. The van der Waals surface area contributed by atoms with E-state index in [0.717, 1.165) is 23.0 Å². The van der Waals surface area contributed by atoms with E-state index in [9.17, 15) is 4.79 Å². The lowest BCUT2D eigenvalue weighted by molar-refractivity contribution is -0.111. The van der Waals surface area contributed by atoms with E-state index < -0.39 is 0 Å². The van der Waals surface area contributed by atoms with Crippen LogP contribution in [-0.2, 0) is 4.79 Å². The summed E-state index contributed by atoms with van der Waals surface area (Å²) in [6.07, 6.45) is 8.99. The third kappa shape index (κ3) is 5.47. The van der Waals surface area contributed by atoms with E-state index >= 15 is 0 Å². The molecule has 7 nitrogen and oxygen atoms in total. The molecule has 2 aliphatic rings. The first-order chi connectivity index (χ1) is 17.4. The number of hydrogen-bond donors (Lipinski definition) is 2. The fraction of sp³-hybridized carbons (Fsp3) is 0.393. The lowest BCUT2D eigenvalue weighted by Crippen LogP contribution is -2.46. The van der Waals surface area contributed by atoms with Crippen LogP contribution in [0.15, 0.2) is 55.4 Å². The molecule has 0 unspecified atom stereocenters. The number of carbonyl (C=O) groups is 1. The average Bonchev–Trinajstić information content (AvgIpc) is 2.85. The molecule has 0 radical (unpaired) electrons. The van der Waals surface area contributed by atoms with Gasteiger partial charge in [0.1, 0.15) is 17.9 Å². The standard InChI is InChI=1S/C28H32ClN5O2/c1-3-26(35)33-24-14-22-23(30-18-31-27(22)32-21-6-4-5-20(29)13-21)15-25(24)36-12-7-19-16-28(17-19)8-10-34(2)11-9-28/h3-6,13-15,18-19H,1,7-12,16-17H2,2H3,(H,33,35)(H,30,31,32). The molecule has 8 heteroatoms. The van der Waals surface area contributed by atoms with Crippen LogP contribution in [0.5, 0.6) is 5.75 Å². The molecule has 3 aromatic rings. The number of hydrogen-bond acceptors (Lipinski definition) is 6. The van der Waals surface area contributed by atoms with Gasteiger partial charge < -0.3 is 20.3 Å². The van der Waals surface area contributed by atoms with Gasteiger partial charge in [-0.2, -0.15) is 0 Å². The van der Waals surface area contributed by atoms with E-state index in [1.165, 1.54) is 51.2 Å². The lowest BCUT2D eigenvalue weighted by Gasteiger charge is -2.52. The zero-order valence-corrected chi connectivity index (χ0v) is 21.4. The number of ether oxygens (including phenoxy) is 1. The van der Waals surface area contributed by atoms with E-state index in [1.807, 2.05) is 36.4 Å². The van der Waals surface area contributed by atoms with Gasteiger partial charge in [-0.05, 0) is 93.9 Å². The number of fused-ring (bicyclic) bond motifs is 1. The Bertz CT molecular complexity index is 1260. The SMILES string of the molecule is C=CC(=O)Nc1cc2c(Nc3cccc(Cl)c3)ncnc2cc1OCCC1CC2(CCN(C)CC2)C1. The molecule has 1 aliphatic heterocycles. The highest BCUT2D eigenvalue weighted by atomic mass is 35.5. The molecule has 1 amide bonds. The maximum Gasteiger partial charge on any atom is 0.247 e. The highest BCUT2D eigenvalue weighted by Gasteiger charge is 2.44. The number of anilines is 3. The Kier molecular flexibility index (Phi) is 7.12. The first-order valence-electron chi connectivity index (χ1n) is 12.5. The third-order valence-corrected chi connectivity index (χ3v) is 7.78. The Labute approximate surface area is 216 Å². The highest BCUT2D eigenvalue weighted by molar-refractivity contribution is 6.30. The summed E-state index contributed by atoms with van der Waals surface area (Å²) in [5.74, 6) is 1.61. The van der Waals surface area contributed by atoms with Gasteiger partial charge in [-0.15, -0.1) is 0 Å². The number of nitrogens with zero attached hydrogens (tertiary/aromatic N) is 3. The van der Waals surface area contributed by atoms with Gasteiger partial charge in [-0.25, -0.2) is 9.97 Å². The van der Waals surface area contributed by atoms with Crippen LogP contribution in [0.25, 0.3) is 10.9 Å². The zero-order valence-electron chi connectivity index (χ0n) is 20.6. The second kappa shape index (κ2) is 10.4. The molecule has 1 aliphatic carbocycles. The molecule has 1 saturated heterocycles. The van der Waals surface area contributed by atoms with Gasteiger partial charge in [0.05, 0.1) is 17.8 Å². The maximum absolute atomic E-state index is 12.2. The lowest BCUT2D eigenvalue weighted by atomic mass is 9.57. The second-order valence-corrected chi connectivity index (χ2v) is 10.6. The van der Waals surface area contributed by atoms with Crippen molar-refractivity contribution in [2.45, 2.75) is 32.1 Å². The van der Waals surface area contributed by atoms with Crippen molar-refractivity contribution in [3.63, 3.8) is 0 Å². The second-order valence-electron chi connectivity index (χ2n) is 10.1. The van der Waals surface area contributed by atoms with E-state index in [1.54, 1.807) is 0 Å². The largest absolute Gasteiger partial charge is 0.491 e. The van der Waals surface area contributed by atoms with Crippen LogP contribution >= 0.6 is 11.6 Å². The summed E-state index contributed by atoms with van der Waals surface area (Å²) in [6.45, 7) is 6.60. The minimum absolute atomic E-state index is 0.302. The fourth-order valence-corrected chi connectivity index (χ4v) is 5.68. The van der Waals surface area contributed by atoms with Crippen LogP contribution in [0, 0.1) is 11.3 Å². The molecule has 2 N–H and O–H groups in total. The highest BCUT2D eigenvalue weighted by Crippen LogP contribution is 2.53. The van der Waals surface area contributed by atoms with E-state index in [0.29, 0.717) is 40.2 Å². The number of piperidine rings is 1. The van der Waals surface area contributed by atoms with Gasteiger partial charge >= 0.3 is 0 Å². The van der Waals surface area contributed by atoms with E-state index in [2.05, 4.69) is 39.1 Å². The van der Waals surface area contributed by atoms with Gasteiger partial charge in [0.2, 0.25) is 5.91 Å². The van der Waals surface area contributed by atoms with Crippen molar-refractivity contribution >= 4 is 45.6 Å². The summed E-state index contributed by atoms with van der Waals surface area (Å²) in [7, 11) is 2.21. The van der Waals surface area contributed by atoms with Crippen molar-refractivity contribution in [3.8, 4) is 5.75 Å². The summed E-state index contributed by atoms with van der Waals surface area (Å²) < 4.78 is 6.21. The summed E-state index contributed by atoms with van der Waals surface area (Å²) in [5, 5.41) is 7.55. The molecule has 188 valence electrons. The number of halogens is 1. The van der Waals surface area contributed by atoms with Gasteiger partial charge in [-0.1, -0.05) is 24.2 Å². The molecule has 2 fully saturated rings. The number of likely N-dealkylation sites (tertiary alicyclic amines) is 1. The molecule has 1 spiro atoms. The first kappa shape index (κ1) is 24.5. The minimum Gasteiger partial charge on any atom is -0.491 e. The summed E-state index contributed by atoms with van der Waals surface area (Å²) in [4.78, 5) is 23.4. The van der Waals surface area contributed by atoms with E-state index in [-0.39, 0.29) is 5.91 Å². The number of carbonyl (C=O) groups excluding carboxylic acids is 1. The molecule has 1 aromatic heterocycles. The number of benzene rings is 2. The molecule has 0 atom stereocenters. The van der Waals surface area contributed by atoms with Crippen molar-refractivity contribution in [1.29, 1.82) is 0 Å². The topological polar surface area (TPSA) is 79.4 Å². The molecular weight excluding hydrogens is 474 g/mol. The predicted octanol–water partition coefficient (Wildman–Crippen LogP) is 6.04. The van der Waals surface area contributed by atoms with Crippen molar-refractivity contribution < 1.29 is 9.53 Å². The summed E-state index contributed by atoms with van der Waals surface area (Å²) in [6, 6.07) is 11.1. The summed E-state index contributed by atoms with van der Waals surface area (Å²) in [5.41, 5.74) is 2.65. The Morgan fingerprint density at radius 2 is 2.06 bits per heavy atom. The molecule has 2 heterocycles. The number of aromatic nitrogens is 2. The quantitative estimate of drug-likeness (QED) is 0.363. The van der Waals surface area contributed by atoms with Crippen LogP contribution in [0.4, 0.5) is 17.2 Å². The molecule has 5 rings (SSSR count). The molecule has 2 aromatic carbocycles. The smallest absolute Gasteiger partial charge is 0.247 e. The monoisotopic (exact) mass is 505 g/mol. The third-order valence-electron chi connectivity index (χ3n) is 7.54. The van der Waals surface area contributed by atoms with Crippen LogP contribution in [0.3, 0.4) is 0 Å². The molecule has 36 heavy (non-hydrogen) atoms. The molecule has 0 bridgehead atoms. The van der Waals surface area contributed by atoms with Crippen molar-refractivity contribution in [3.05, 3.63) is 60.4 Å². The first-order valence-corrected chi connectivity index (χ1v) is 12.9. The zero-order chi connectivity index (χ0) is 25.1. The van der Waals surface area contributed by atoms with Crippen LogP contribution in [0.2, 0.25) is 5.02 Å².